The molecular weight excluding hydrogens is 186 g/mol. The fourth-order valence-corrected chi connectivity index (χ4v) is 1.39. The maximum Gasteiger partial charge on any atom is 0.305 e. The Morgan fingerprint density at radius 3 is 2.29 bits per heavy atom. The molecule has 0 aromatic rings. The van der Waals surface area contributed by atoms with Crippen molar-refractivity contribution in [3.63, 3.8) is 0 Å². The molecule has 0 fully saturated rings. The molecule has 5 nitrogen and oxygen atoms in total. The highest BCUT2D eigenvalue weighted by atomic mass is 16.4. The van der Waals surface area contributed by atoms with Crippen molar-refractivity contribution >= 4 is 17.8 Å². The van der Waals surface area contributed by atoms with Crippen molar-refractivity contribution < 1.29 is 19.5 Å². The normalized spacial score (nSPS) is 17.6. The summed E-state index contributed by atoms with van der Waals surface area (Å²) in [5.41, 5.74) is 0. The lowest BCUT2D eigenvalue weighted by Gasteiger charge is -2.23. The molecule has 1 rings (SSSR count). The van der Waals surface area contributed by atoms with Crippen LogP contribution < -0.4 is 0 Å². The summed E-state index contributed by atoms with van der Waals surface area (Å²) in [6, 6.07) is -0.539. The van der Waals surface area contributed by atoms with Crippen LogP contribution in [0.4, 0.5) is 0 Å². The summed E-state index contributed by atoms with van der Waals surface area (Å²) in [6.07, 6.45) is 2.57. The van der Waals surface area contributed by atoms with Gasteiger partial charge < -0.3 is 5.11 Å². The molecule has 76 valence electrons. The molecule has 0 saturated carbocycles. The van der Waals surface area contributed by atoms with Gasteiger partial charge in [-0.1, -0.05) is 6.92 Å². The predicted molar refractivity (Wildman–Crippen MR) is 47.3 cm³/mol. The number of carbonyl (C=O) groups is 3. The number of carboxylic acid groups (broad SMARTS) is 1. The summed E-state index contributed by atoms with van der Waals surface area (Å²) in [5.74, 6) is -1.87. The molecule has 1 atom stereocenters. The van der Waals surface area contributed by atoms with Gasteiger partial charge in [0.05, 0.1) is 12.5 Å². The van der Waals surface area contributed by atoms with E-state index in [4.69, 9.17) is 5.11 Å². The van der Waals surface area contributed by atoms with E-state index in [2.05, 4.69) is 0 Å². The number of rotatable bonds is 4. The number of carbonyl (C=O) groups excluding carboxylic acids is 2. The number of amides is 2. The Balaban J connectivity index is 2.74. The Labute approximate surface area is 81.0 Å². The molecular formula is C9H11NO4. The first-order valence-corrected chi connectivity index (χ1v) is 4.33. The third kappa shape index (κ3) is 1.99. The van der Waals surface area contributed by atoms with Crippen molar-refractivity contribution in [3.05, 3.63) is 12.2 Å². The summed E-state index contributed by atoms with van der Waals surface area (Å²) in [4.78, 5) is 33.8. The van der Waals surface area contributed by atoms with Crippen LogP contribution in [0.1, 0.15) is 19.8 Å². The lowest BCUT2D eigenvalue weighted by atomic mass is 10.1. The Kier molecular flexibility index (Phi) is 3.01. The first-order valence-electron chi connectivity index (χ1n) is 4.33. The monoisotopic (exact) mass is 197 g/mol. The zero-order chi connectivity index (χ0) is 10.7. The summed E-state index contributed by atoms with van der Waals surface area (Å²) in [5, 5.41) is 8.58. The largest absolute Gasteiger partial charge is 0.481 e. The van der Waals surface area contributed by atoms with E-state index >= 15 is 0 Å². The minimum absolute atomic E-state index is 0.199. The highest BCUT2D eigenvalue weighted by Gasteiger charge is 2.31. The lowest BCUT2D eigenvalue weighted by Crippen LogP contribution is -2.40. The van der Waals surface area contributed by atoms with E-state index in [0.29, 0.717) is 6.42 Å². The van der Waals surface area contributed by atoms with Gasteiger partial charge in [-0.25, -0.2) is 0 Å². The molecule has 0 radical (unpaired) electrons. The van der Waals surface area contributed by atoms with E-state index in [1.54, 1.807) is 6.92 Å². The number of hydrogen-bond acceptors (Lipinski definition) is 3. The van der Waals surface area contributed by atoms with Gasteiger partial charge >= 0.3 is 5.97 Å². The van der Waals surface area contributed by atoms with Crippen molar-refractivity contribution in [2.24, 2.45) is 0 Å². The second kappa shape index (κ2) is 4.04. The smallest absolute Gasteiger partial charge is 0.305 e. The molecule has 1 heterocycles. The Hall–Kier alpha value is -1.65. The second-order valence-corrected chi connectivity index (χ2v) is 3.04. The van der Waals surface area contributed by atoms with Crippen LogP contribution in [-0.4, -0.2) is 33.8 Å². The van der Waals surface area contributed by atoms with Gasteiger partial charge in [0.2, 0.25) is 0 Å². The maximum absolute atomic E-state index is 11.2. The molecule has 0 aliphatic carbocycles. The number of aliphatic carboxylic acids is 1. The van der Waals surface area contributed by atoms with E-state index in [1.807, 2.05) is 0 Å². The van der Waals surface area contributed by atoms with Crippen LogP contribution in [0.25, 0.3) is 0 Å². The third-order valence-corrected chi connectivity index (χ3v) is 2.09. The highest BCUT2D eigenvalue weighted by Crippen LogP contribution is 2.14. The molecule has 0 aromatic heterocycles. The first-order chi connectivity index (χ1) is 6.56. The first kappa shape index (κ1) is 10.4. The van der Waals surface area contributed by atoms with Crippen LogP contribution >= 0.6 is 0 Å². The van der Waals surface area contributed by atoms with Crippen molar-refractivity contribution in [1.29, 1.82) is 0 Å². The van der Waals surface area contributed by atoms with Crippen molar-refractivity contribution in [3.8, 4) is 0 Å². The lowest BCUT2D eigenvalue weighted by molar-refractivity contribution is -0.143. The molecule has 2 amide bonds. The molecule has 1 N–H and O–H groups in total. The predicted octanol–water partition coefficient (Wildman–Crippen LogP) is 0.165. The van der Waals surface area contributed by atoms with Crippen LogP contribution in [0.15, 0.2) is 12.2 Å². The number of carboxylic acids is 1. The molecule has 0 spiro atoms. The van der Waals surface area contributed by atoms with Crippen molar-refractivity contribution in [2.75, 3.05) is 0 Å². The van der Waals surface area contributed by atoms with Gasteiger partial charge in [0.1, 0.15) is 0 Å². The van der Waals surface area contributed by atoms with E-state index in [1.165, 1.54) is 0 Å². The average molecular weight is 197 g/mol. The summed E-state index contributed by atoms with van der Waals surface area (Å²) < 4.78 is 0. The van der Waals surface area contributed by atoms with Crippen molar-refractivity contribution in [1.82, 2.24) is 4.90 Å². The van der Waals surface area contributed by atoms with E-state index in [9.17, 15) is 14.4 Å². The average Bonchev–Trinajstić information content (AvgIpc) is 2.43. The van der Waals surface area contributed by atoms with E-state index in [0.717, 1.165) is 17.1 Å². The standard InChI is InChI=1S/C9H11NO4/c1-2-6(5-9(13)14)10-7(11)3-4-8(10)12/h3-4,6H,2,5H2,1H3,(H,13,14). The fraction of sp³-hybridized carbons (Fsp3) is 0.444. The molecule has 5 heteroatoms. The maximum atomic E-state index is 11.2. The summed E-state index contributed by atoms with van der Waals surface area (Å²) in [7, 11) is 0. The van der Waals surface area contributed by atoms with E-state index in [-0.39, 0.29) is 6.42 Å². The SMILES string of the molecule is CCC(CC(=O)O)N1C(=O)C=CC1=O. The quantitative estimate of drug-likeness (QED) is 0.651. The highest BCUT2D eigenvalue weighted by molar-refractivity contribution is 6.13. The molecule has 0 aromatic carbocycles. The zero-order valence-corrected chi connectivity index (χ0v) is 7.77. The fourth-order valence-electron chi connectivity index (χ4n) is 1.39. The van der Waals surface area contributed by atoms with Crippen molar-refractivity contribution in [2.45, 2.75) is 25.8 Å². The van der Waals surface area contributed by atoms with Gasteiger partial charge in [0.15, 0.2) is 0 Å². The summed E-state index contributed by atoms with van der Waals surface area (Å²) >= 11 is 0. The molecule has 14 heavy (non-hydrogen) atoms. The van der Waals surface area contributed by atoms with Crippen LogP contribution in [-0.2, 0) is 14.4 Å². The van der Waals surface area contributed by atoms with Crippen LogP contribution in [0.5, 0.6) is 0 Å². The Morgan fingerprint density at radius 2 is 1.93 bits per heavy atom. The van der Waals surface area contributed by atoms with Gasteiger partial charge in [-0.15, -0.1) is 0 Å². The molecule has 1 unspecified atom stereocenters. The Morgan fingerprint density at radius 1 is 1.43 bits per heavy atom. The topological polar surface area (TPSA) is 74.7 Å². The van der Waals surface area contributed by atoms with Gasteiger partial charge in [-0.2, -0.15) is 0 Å². The number of nitrogens with zero attached hydrogens (tertiary/aromatic N) is 1. The zero-order valence-electron chi connectivity index (χ0n) is 7.77. The van der Waals surface area contributed by atoms with Crippen LogP contribution in [0, 0.1) is 0 Å². The minimum atomic E-state index is -1.01. The van der Waals surface area contributed by atoms with E-state index < -0.39 is 23.8 Å². The van der Waals surface area contributed by atoms with Gasteiger partial charge in [-0.3, -0.25) is 19.3 Å². The van der Waals surface area contributed by atoms with Crippen LogP contribution in [0.2, 0.25) is 0 Å². The molecule has 1 aliphatic heterocycles. The summed E-state index contributed by atoms with van der Waals surface area (Å²) in [6.45, 7) is 1.74. The molecule has 0 saturated heterocycles. The Bertz CT molecular complexity index is 290. The third-order valence-electron chi connectivity index (χ3n) is 2.09. The number of imide groups is 1. The number of hydrogen-bond donors (Lipinski definition) is 1. The molecule has 1 aliphatic rings. The van der Waals surface area contributed by atoms with Gasteiger partial charge in [0, 0.05) is 12.2 Å². The van der Waals surface area contributed by atoms with Gasteiger partial charge in [-0.05, 0) is 6.42 Å². The second-order valence-electron chi connectivity index (χ2n) is 3.04. The minimum Gasteiger partial charge on any atom is -0.481 e. The molecule has 0 bridgehead atoms. The van der Waals surface area contributed by atoms with Gasteiger partial charge in [0.25, 0.3) is 11.8 Å². The van der Waals surface area contributed by atoms with Crippen LogP contribution in [0.3, 0.4) is 0 Å².